The molecule has 8 nitrogen and oxygen atoms in total. The Labute approximate surface area is 150 Å². The van der Waals surface area contributed by atoms with E-state index in [9.17, 15) is 9.59 Å². The third-order valence-electron chi connectivity index (χ3n) is 3.72. The molecule has 3 N–H and O–H groups in total. The number of urea groups is 1. The minimum Gasteiger partial charge on any atom is -0.355 e. The summed E-state index contributed by atoms with van der Waals surface area (Å²) < 4.78 is 1.74. The van der Waals surface area contributed by atoms with Gasteiger partial charge in [0, 0.05) is 36.9 Å². The second kappa shape index (κ2) is 7.47. The number of hydrogen-bond acceptors (Lipinski definition) is 4. The first-order valence-corrected chi connectivity index (χ1v) is 7.93. The van der Waals surface area contributed by atoms with E-state index < -0.39 is 6.03 Å². The zero-order chi connectivity index (χ0) is 18.5. The Balaban J connectivity index is 1.69. The summed E-state index contributed by atoms with van der Waals surface area (Å²) >= 11 is 0. The van der Waals surface area contributed by atoms with Crippen molar-refractivity contribution in [3.05, 3.63) is 66.1 Å². The van der Waals surface area contributed by atoms with Crippen LogP contribution in [0.5, 0.6) is 0 Å². The number of pyridine rings is 1. The van der Waals surface area contributed by atoms with Crippen LogP contribution in [0.1, 0.15) is 15.9 Å². The van der Waals surface area contributed by atoms with Crippen molar-refractivity contribution < 1.29 is 9.59 Å². The average molecular weight is 350 g/mol. The molecule has 0 bridgehead atoms. The second-order valence-corrected chi connectivity index (χ2v) is 5.54. The van der Waals surface area contributed by atoms with Gasteiger partial charge in [0.25, 0.3) is 5.91 Å². The van der Waals surface area contributed by atoms with E-state index >= 15 is 0 Å². The zero-order valence-electron chi connectivity index (χ0n) is 14.4. The molecule has 0 aliphatic rings. The molecule has 2 heterocycles. The molecule has 0 atom stereocenters. The number of aromatic nitrogens is 3. The molecule has 0 spiro atoms. The second-order valence-electron chi connectivity index (χ2n) is 5.54. The van der Waals surface area contributed by atoms with E-state index in [0.29, 0.717) is 11.3 Å². The Morgan fingerprint density at radius 3 is 2.62 bits per heavy atom. The van der Waals surface area contributed by atoms with Crippen LogP contribution in [0.15, 0.2) is 55.0 Å². The summed E-state index contributed by atoms with van der Waals surface area (Å²) in [6.45, 7) is 1.90. The molecule has 8 heteroatoms. The molecule has 0 unspecified atom stereocenters. The highest BCUT2D eigenvalue weighted by Gasteiger charge is 2.09. The number of rotatable bonds is 4. The van der Waals surface area contributed by atoms with Gasteiger partial charge in [-0.05, 0) is 48.9 Å². The van der Waals surface area contributed by atoms with Gasteiger partial charge in [0.1, 0.15) is 5.82 Å². The lowest BCUT2D eigenvalue weighted by Crippen LogP contribution is -2.22. The maximum absolute atomic E-state index is 12.2. The summed E-state index contributed by atoms with van der Waals surface area (Å²) in [5.74, 6) is 0.0373. The third kappa shape index (κ3) is 3.86. The van der Waals surface area contributed by atoms with Crippen LogP contribution in [-0.4, -0.2) is 33.8 Å². The fraction of sp³-hybridized carbons (Fsp3) is 0.111. The van der Waals surface area contributed by atoms with Crippen molar-refractivity contribution in [2.75, 3.05) is 17.7 Å². The molecule has 3 aromatic rings. The van der Waals surface area contributed by atoms with Gasteiger partial charge in [0.2, 0.25) is 0 Å². The minimum atomic E-state index is -0.443. The normalized spacial score (nSPS) is 10.2. The summed E-state index contributed by atoms with van der Waals surface area (Å²) in [7, 11) is 1.54. The van der Waals surface area contributed by atoms with Gasteiger partial charge in [0.05, 0.1) is 5.69 Å². The highest BCUT2D eigenvalue weighted by molar-refractivity contribution is 6.01. The van der Waals surface area contributed by atoms with E-state index in [1.54, 1.807) is 23.0 Å². The molecular formula is C18H18N6O2. The van der Waals surface area contributed by atoms with Crippen LogP contribution >= 0.6 is 0 Å². The van der Waals surface area contributed by atoms with Gasteiger partial charge in [-0.2, -0.15) is 5.10 Å². The number of benzene rings is 1. The average Bonchev–Trinajstić information content (AvgIpc) is 3.17. The number of carbonyl (C=O) groups is 2. The number of amides is 3. The van der Waals surface area contributed by atoms with Gasteiger partial charge >= 0.3 is 6.03 Å². The first-order valence-electron chi connectivity index (χ1n) is 7.93. The van der Waals surface area contributed by atoms with E-state index in [1.807, 2.05) is 31.3 Å². The van der Waals surface area contributed by atoms with Crippen molar-refractivity contribution in [3.63, 3.8) is 0 Å². The molecule has 0 fully saturated rings. The van der Waals surface area contributed by atoms with Gasteiger partial charge in [0.15, 0.2) is 0 Å². The highest BCUT2D eigenvalue weighted by Crippen LogP contribution is 2.19. The highest BCUT2D eigenvalue weighted by atomic mass is 16.2. The fourth-order valence-corrected chi connectivity index (χ4v) is 2.41. The topological polar surface area (TPSA) is 101 Å². The molecule has 0 saturated heterocycles. The predicted molar refractivity (Wildman–Crippen MR) is 98.6 cm³/mol. The standard InChI is InChI=1S/C18H18N6O2/c1-12-10-14(24-9-3-7-21-24)4-5-15(12)22-18(26)23-16-11-13(6-8-20-16)17(25)19-2/h3-11H,1-2H3,(H,19,25)(H2,20,22,23,26). The van der Waals surface area contributed by atoms with E-state index in [4.69, 9.17) is 0 Å². The predicted octanol–water partition coefficient (Wildman–Crippen LogP) is 2.58. The van der Waals surface area contributed by atoms with Crippen LogP contribution in [0.3, 0.4) is 0 Å². The first-order chi connectivity index (χ1) is 12.6. The van der Waals surface area contributed by atoms with Gasteiger partial charge < -0.3 is 10.6 Å². The molecule has 2 aromatic heterocycles. The van der Waals surface area contributed by atoms with Crippen molar-refractivity contribution in [2.24, 2.45) is 0 Å². The number of hydrogen-bond donors (Lipinski definition) is 3. The van der Waals surface area contributed by atoms with Gasteiger partial charge in [-0.3, -0.25) is 10.1 Å². The number of aryl methyl sites for hydroxylation is 1. The number of nitrogens with zero attached hydrogens (tertiary/aromatic N) is 3. The largest absolute Gasteiger partial charge is 0.355 e. The van der Waals surface area contributed by atoms with Crippen LogP contribution in [0.25, 0.3) is 5.69 Å². The summed E-state index contributed by atoms with van der Waals surface area (Å²) in [5.41, 5.74) is 2.87. The van der Waals surface area contributed by atoms with Crippen LogP contribution in [0.4, 0.5) is 16.3 Å². The Morgan fingerprint density at radius 1 is 1.08 bits per heavy atom. The minimum absolute atomic E-state index is 0.249. The smallest absolute Gasteiger partial charge is 0.324 e. The number of nitrogens with one attached hydrogen (secondary N) is 3. The molecule has 26 heavy (non-hydrogen) atoms. The molecule has 0 aliphatic carbocycles. The van der Waals surface area contributed by atoms with Gasteiger partial charge in [-0.1, -0.05) is 0 Å². The van der Waals surface area contributed by atoms with Crippen LogP contribution in [-0.2, 0) is 0 Å². The molecule has 132 valence electrons. The van der Waals surface area contributed by atoms with E-state index in [0.717, 1.165) is 11.3 Å². The van der Waals surface area contributed by atoms with E-state index in [-0.39, 0.29) is 11.7 Å². The summed E-state index contributed by atoms with van der Waals surface area (Å²) in [5, 5.41) is 12.1. The maximum atomic E-state index is 12.2. The summed E-state index contributed by atoms with van der Waals surface area (Å²) in [6, 6.07) is 10.1. The van der Waals surface area contributed by atoms with Crippen LogP contribution in [0.2, 0.25) is 0 Å². The Kier molecular flexibility index (Phi) is 4.93. The summed E-state index contributed by atoms with van der Waals surface area (Å²) in [6.07, 6.45) is 5.01. The molecule has 3 amide bonds. The fourth-order valence-electron chi connectivity index (χ4n) is 2.41. The van der Waals surface area contributed by atoms with Crippen molar-refractivity contribution in [1.82, 2.24) is 20.1 Å². The third-order valence-corrected chi connectivity index (χ3v) is 3.72. The molecule has 3 rings (SSSR count). The van der Waals surface area contributed by atoms with Gasteiger partial charge in [-0.15, -0.1) is 0 Å². The maximum Gasteiger partial charge on any atom is 0.324 e. The van der Waals surface area contributed by atoms with E-state index in [1.165, 1.54) is 19.3 Å². The summed E-state index contributed by atoms with van der Waals surface area (Å²) in [4.78, 5) is 27.9. The SMILES string of the molecule is CNC(=O)c1ccnc(NC(=O)Nc2ccc(-n3cccn3)cc2C)c1. The van der Waals surface area contributed by atoms with Gasteiger partial charge in [-0.25, -0.2) is 14.5 Å². The first kappa shape index (κ1) is 17.2. The van der Waals surface area contributed by atoms with Crippen molar-refractivity contribution in [3.8, 4) is 5.69 Å². The van der Waals surface area contributed by atoms with Crippen LogP contribution < -0.4 is 16.0 Å². The quantitative estimate of drug-likeness (QED) is 0.673. The number of anilines is 2. The van der Waals surface area contributed by atoms with Crippen molar-refractivity contribution in [1.29, 1.82) is 0 Å². The molecule has 0 saturated carbocycles. The Morgan fingerprint density at radius 2 is 1.92 bits per heavy atom. The lowest BCUT2D eigenvalue weighted by Gasteiger charge is -2.11. The molecule has 0 radical (unpaired) electrons. The molecule has 0 aliphatic heterocycles. The number of carbonyl (C=O) groups excluding carboxylic acids is 2. The van der Waals surface area contributed by atoms with Crippen molar-refractivity contribution in [2.45, 2.75) is 6.92 Å². The monoisotopic (exact) mass is 350 g/mol. The van der Waals surface area contributed by atoms with Crippen molar-refractivity contribution >= 4 is 23.4 Å². The Bertz CT molecular complexity index is 937. The zero-order valence-corrected chi connectivity index (χ0v) is 14.4. The lowest BCUT2D eigenvalue weighted by molar-refractivity contribution is 0.0963. The molecular weight excluding hydrogens is 332 g/mol. The molecule has 1 aromatic carbocycles. The van der Waals surface area contributed by atoms with E-state index in [2.05, 4.69) is 26.0 Å². The van der Waals surface area contributed by atoms with Crippen LogP contribution in [0, 0.1) is 6.92 Å². The Hall–Kier alpha value is -3.68. The lowest BCUT2D eigenvalue weighted by atomic mass is 10.2.